The van der Waals surface area contributed by atoms with E-state index < -0.39 is 23.5 Å². The third-order valence-electron chi connectivity index (χ3n) is 7.83. The molecule has 4 heterocycles. The highest BCUT2D eigenvalue weighted by Gasteiger charge is 2.54. The summed E-state index contributed by atoms with van der Waals surface area (Å²) in [6.07, 6.45) is 1.16. The number of ether oxygens (including phenoxy) is 1. The van der Waals surface area contributed by atoms with E-state index >= 15 is 0 Å². The van der Waals surface area contributed by atoms with Gasteiger partial charge in [-0.1, -0.05) is 84.6 Å². The number of hydrogen-bond donors (Lipinski definition) is 1. The maximum Gasteiger partial charge on any atom is 0.356 e. The van der Waals surface area contributed by atoms with Gasteiger partial charge in [0.25, 0.3) is 5.91 Å². The highest BCUT2D eigenvalue weighted by atomic mass is 32.2. The molecular formula is C36H27N3O5S4. The van der Waals surface area contributed by atoms with E-state index in [1.54, 1.807) is 23.0 Å². The Balaban J connectivity index is 1.18. The van der Waals surface area contributed by atoms with Crippen LogP contribution in [0.3, 0.4) is 0 Å². The van der Waals surface area contributed by atoms with Crippen molar-refractivity contribution in [3.8, 4) is 0 Å². The number of carbonyl (C=O) groups is 3. The van der Waals surface area contributed by atoms with Crippen LogP contribution in [0, 0.1) is 0 Å². The number of rotatable bonds is 10. The summed E-state index contributed by atoms with van der Waals surface area (Å²) in [5.41, 5.74) is 4.58. The fraction of sp³-hybridized carbons (Fsp3) is 0.139. The van der Waals surface area contributed by atoms with Crippen molar-refractivity contribution in [1.29, 1.82) is 0 Å². The molecule has 2 atom stereocenters. The molecule has 1 N–H and O–H groups in total. The number of allylic oxidation sites excluding steroid dienone is 1. The van der Waals surface area contributed by atoms with E-state index in [1.807, 2.05) is 90.3 Å². The van der Waals surface area contributed by atoms with Gasteiger partial charge in [-0.2, -0.15) is 0 Å². The molecule has 3 aromatic carbocycles. The number of thiazole rings is 1. The normalized spacial score (nSPS) is 17.4. The molecule has 7 rings (SSSR count). The number of nitrogens with one attached hydrogen (secondary N) is 1. The second-order valence-corrected chi connectivity index (χ2v) is 15.1. The highest BCUT2D eigenvalue weighted by molar-refractivity contribution is 8.04. The zero-order chi connectivity index (χ0) is 33.0. The summed E-state index contributed by atoms with van der Waals surface area (Å²) in [7, 11) is 0. The van der Waals surface area contributed by atoms with Crippen molar-refractivity contribution in [3.05, 3.63) is 152 Å². The van der Waals surface area contributed by atoms with Gasteiger partial charge in [-0.05, 0) is 40.3 Å². The summed E-state index contributed by atoms with van der Waals surface area (Å²) in [6.45, 7) is 0. The van der Waals surface area contributed by atoms with Crippen molar-refractivity contribution in [2.75, 3.05) is 5.75 Å². The van der Waals surface area contributed by atoms with Crippen LogP contribution in [0.15, 0.2) is 134 Å². The number of aromatic nitrogens is 1. The van der Waals surface area contributed by atoms with Crippen molar-refractivity contribution in [2.24, 2.45) is 0 Å². The molecular weight excluding hydrogens is 683 g/mol. The lowest BCUT2D eigenvalue weighted by atomic mass is 10.0. The molecule has 1 unspecified atom stereocenters. The molecule has 1 fully saturated rings. The summed E-state index contributed by atoms with van der Waals surface area (Å²) in [5, 5.41) is 6.67. The molecule has 0 saturated carbocycles. The molecule has 12 heteroatoms. The number of benzene rings is 3. The topological polar surface area (TPSA) is 106 Å². The van der Waals surface area contributed by atoms with Crippen LogP contribution < -0.4 is 10.7 Å². The molecule has 0 bridgehead atoms. The number of nitrogens with zero attached hydrogens (tertiary/aromatic N) is 2. The van der Waals surface area contributed by atoms with Gasteiger partial charge in [-0.25, -0.2) is 9.78 Å². The Morgan fingerprint density at radius 3 is 2.42 bits per heavy atom. The predicted molar refractivity (Wildman–Crippen MR) is 192 cm³/mol. The minimum Gasteiger partial charge on any atom is -0.448 e. The van der Waals surface area contributed by atoms with Crippen molar-refractivity contribution in [3.63, 3.8) is 0 Å². The maximum atomic E-state index is 14.2. The number of β-lactam (4-membered cyclic amide) rings is 1. The fourth-order valence-electron chi connectivity index (χ4n) is 5.54. The molecule has 0 radical (unpaired) electrons. The Morgan fingerprint density at radius 1 is 1.00 bits per heavy atom. The monoisotopic (exact) mass is 709 g/mol. The van der Waals surface area contributed by atoms with E-state index in [4.69, 9.17) is 4.74 Å². The Labute approximate surface area is 292 Å². The van der Waals surface area contributed by atoms with Crippen LogP contribution in [0.4, 0.5) is 0 Å². The van der Waals surface area contributed by atoms with Crippen molar-refractivity contribution in [2.45, 2.75) is 28.1 Å². The maximum absolute atomic E-state index is 14.2. The first-order valence-electron chi connectivity index (χ1n) is 15.0. The Morgan fingerprint density at radius 2 is 1.71 bits per heavy atom. The first-order chi connectivity index (χ1) is 23.5. The molecule has 2 aliphatic rings. The second-order valence-electron chi connectivity index (χ2n) is 10.9. The van der Waals surface area contributed by atoms with Crippen LogP contribution in [0.5, 0.6) is 0 Å². The van der Waals surface area contributed by atoms with Crippen LogP contribution in [-0.4, -0.2) is 44.8 Å². The SMILES string of the molecule is O=C(Cc1cscn1)NC1C(=O)N2C(C(=O)OC(c3ccccc3)c3ccccc3)=C(C=CSc3cc(=O)c4ccccc4s3)CS[C@H]12. The summed E-state index contributed by atoms with van der Waals surface area (Å²) in [6, 6.07) is 27.2. The van der Waals surface area contributed by atoms with Crippen LogP contribution in [0.2, 0.25) is 0 Å². The third kappa shape index (κ3) is 6.74. The molecule has 48 heavy (non-hydrogen) atoms. The van der Waals surface area contributed by atoms with E-state index in [9.17, 15) is 19.2 Å². The first kappa shape index (κ1) is 32.1. The van der Waals surface area contributed by atoms with Crippen molar-refractivity contribution in [1.82, 2.24) is 15.2 Å². The molecule has 2 aliphatic heterocycles. The van der Waals surface area contributed by atoms with Crippen molar-refractivity contribution < 1.29 is 19.1 Å². The molecule has 240 valence electrons. The average Bonchev–Trinajstić information content (AvgIpc) is 3.63. The molecule has 1 saturated heterocycles. The lowest BCUT2D eigenvalue weighted by Gasteiger charge is -2.49. The molecule has 2 amide bonds. The van der Waals surface area contributed by atoms with Gasteiger partial charge in [0.1, 0.15) is 17.1 Å². The minimum atomic E-state index is -0.780. The number of fused-ring (bicyclic) bond motifs is 2. The first-order valence-corrected chi connectivity index (χ1v) is 18.7. The van der Waals surface area contributed by atoms with Gasteiger partial charge < -0.3 is 10.1 Å². The number of thioether (sulfide) groups is 2. The van der Waals surface area contributed by atoms with Crippen LogP contribution in [-0.2, 0) is 25.5 Å². The predicted octanol–water partition coefficient (Wildman–Crippen LogP) is 6.55. The van der Waals surface area contributed by atoms with Gasteiger partial charge in [0, 0.05) is 27.3 Å². The van der Waals surface area contributed by atoms with E-state index in [1.165, 1.54) is 51.1 Å². The lowest BCUT2D eigenvalue weighted by molar-refractivity contribution is -0.154. The van der Waals surface area contributed by atoms with E-state index in [0.29, 0.717) is 22.4 Å². The molecule has 0 aliphatic carbocycles. The number of hydrogen-bond acceptors (Lipinski definition) is 10. The van der Waals surface area contributed by atoms with Gasteiger partial charge >= 0.3 is 5.97 Å². The Bertz CT molecular complexity index is 2060. The number of amides is 2. The summed E-state index contributed by atoms with van der Waals surface area (Å²) in [5.74, 6) is -0.923. The minimum absolute atomic E-state index is 0.0540. The lowest BCUT2D eigenvalue weighted by Crippen LogP contribution is -2.70. The standard InChI is InChI=1S/C36H27N3O5S4/c40-27-18-30(48-28-14-8-7-13-26(27)28)46-16-15-24-19-47-35-31(38-29(41)17-25-20-45-21-37-25)34(42)39(35)32(24)36(43)44-33(22-9-3-1-4-10-22)23-11-5-2-6-12-23/h1-16,18,20-21,31,33,35H,17,19H2,(H,38,41)/t31?,35-/m1/s1. The summed E-state index contributed by atoms with van der Waals surface area (Å²) < 4.78 is 7.93. The van der Waals surface area contributed by atoms with Gasteiger partial charge in [0.15, 0.2) is 11.5 Å². The number of esters is 1. The largest absolute Gasteiger partial charge is 0.448 e. The summed E-state index contributed by atoms with van der Waals surface area (Å²) in [4.78, 5) is 58.9. The fourth-order valence-corrected chi connectivity index (χ4v) is 9.40. The van der Waals surface area contributed by atoms with Crippen molar-refractivity contribution >= 4 is 74.1 Å². The second kappa shape index (κ2) is 14.3. The van der Waals surface area contributed by atoms with Gasteiger partial charge in [-0.3, -0.25) is 19.3 Å². The molecule has 8 nitrogen and oxygen atoms in total. The zero-order valence-electron chi connectivity index (χ0n) is 25.2. The van der Waals surface area contributed by atoms with Gasteiger partial charge in [0.2, 0.25) is 5.91 Å². The smallest absolute Gasteiger partial charge is 0.356 e. The van der Waals surface area contributed by atoms with Gasteiger partial charge in [0.05, 0.1) is 21.8 Å². The molecule has 5 aromatic rings. The Hall–Kier alpha value is -4.49. The average molecular weight is 710 g/mol. The molecule has 0 spiro atoms. The highest BCUT2D eigenvalue weighted by Crippen LogP contribution is 2.42. The number of carbonyl (C=O) groups excluding carboxylic acids is 3. The van der Waals surface area contributed by atoms with Crippen LogP contribution >= 0.6 is 46.2 Å². The van der Waals surface area contributed by atoms with Crippen LogP contribution in [0.25, 0.3) is 10.1 Å². The quantitative estimate of drug-likeness (QED) is 0.0989. The van der Waals surface area contributed by atoms with Crippen LogP contribution in [0.1, 0.15) is 22.9 Å². The molecule has 2 aromatic heterocycles. The van der Waals surface area contributed by atoms with E-state index in [-0.39, 0.29) is 29.4 Å². The van der Waals surface area contributed by atoms with E-state index in [0.717, 1.165) is 20.0 Å². The van der Waals surface area contributed by atoms with E-state index in [2.05, 4.69) is 10.3 Å². The third-order valence-corrected chi connectivity index (χ3v) is 11.8. The Kier molecular flexibility index (Phi) is 9.57. The van der Waals surface area contributed by atoms with Gasteiger partial charge in [-0.15, -0.1) is 34.4 Å². The zero-order valence-corrected chi connectivity index (χ0v) is 28.5. The summed E-state index contributed by atoms with van der Waals surface area (Å²) >= 11 is 5.75.